The molecule has 0 unspecified atom stereocenters. The van der Waals surface area contributed by atoms with Crippen molar-refractivity contribution in [3.05, 3.63) is 24.2 Å². The predicted molar refractivity (Wildman–Crippen MR) is 70.9 cm³/mol. The lowest BCUT2D eigenvalue weighted by atomic mass is 10.1. The Balaban J connectivity index is 1.67. The van der Waals surface area contributed by atoms with Gasteiger partial charge in [-0.15, -0.1) is 0 Å². The summed E-state index contributed by atoms with van der Waals surface area (Å²) < 4.78 is 28.7. The average molecular weight is 282 g/mol. The van der Waals surface area contributed by atoms with E-state index in [9.17, 15) is 0 Å². The molecule has 112 valence electrons. The summed E-state index contributed by atoms with van der Waals surface area (Å²) in [5.41, 5.74) is 1.02. The van der Waals surface area contributed by atoms with Crippen molar-refractivity contribution in [3.63, 3.8) is 0 Å². The fraction of sp³-hybridized carbons (Fsp3) is 0.733. The third kappa shape index (κ3) is 2.76. The largest absolute Gasteiger partial charge is 0.472 e. The van der Waals surface area contributed by atoms with Gasteiger partial charge in [-0.25, -0.2) is 0 Å². The van der Waals surface area contributed by atoms with Crippen LogP contribution in [0.5, 0.6) is 0 Å². The molecular weight excluding hydrogens is 260 g/mol. The molecule has 20 heavy (non-hydrogen) atoms. The molecule has 2 aliphatic rings. The van der Waals surface area contributed by atoms with E-state index >= 15 is 0 Å². The standard InChI is InChI=1S/C15H22O5/c1-4-5-11-12(17-9-10-6-7-16-8-10)13-14(18-11)20-15(2,3)19-13/h6-8,11-14H,4-5,9H2,1-3H3/t11-,12+,13-,14-/m1/s1. The van der Waals surface area contributed by atoms with Crippen LogP contribution in [0.2, 0.25) is 0 Å². The fourth-order valence-corrected chi connectivity index (χ4v) is 2.83. The van der Waals surface area contributed by atoms with Crippen molar-refractivity contribution in [3.8, 4) is 0 Å². The first-order valence-corrected chi connectivity index (χ1v) is 7.23. The molecule has 3 rings (SSSR count). The van der Waals surface area contributed by atoms with E-state index in [0.717, 1.165) is 18.4 Å². The minimum Gasteiger partial charge on any atom is -0.472 e. The highest BCUT2D eigenvalue weighted by molar-refractivity contribution is 5.04. The van der Waals surface area contributed by atoms with Crippen molar-refractivity contribution in [1.82, 2.24) is 0 Å². The van der Waals surface area contributed by atoms with Crippen molar-refractivity contribution in [1.29, 1.82) is 0 Å². The molecule has 0 saturated carbocycles. The monoisotopic (exact) mass is 282 g/mol. The highest BCUT2D eigenvalue weighted by atomic mass is 16.8. The number of ether oxygens (including phenoxy) is 4. The summed E-state index contributed by atoms with van der Waals surface area (Å²) in [6.07, 6.45) is 4.76. The van der Waals surface area contributed by atoms with E-state index in [1.165, 1.54) is 0 Å². The molecule has 0 aliphatic carbocycles. The van der Waals surface area contributed by atoms with Crippen LogP contribution >= 0.6 is 0 Å². The Kier molecular flexibility index (Phi) is 3.86. The lowest BCUT2D eigenvalue weighted by Gasteiger charge is -2.25. The van der Waals surface area contributed by atoms with Crippen LogP contribution in [0.1, 0.15) is 39.2 Å². The first kappa shape index (κ1) is 14.1. The summed E-state index contributed by atoms with van der Waals surface area (Å²) in [6, 6.07) is 1.90. The zero-order chi connectivity index (χ0) is 14.2. The van der Waals surface area contributed by atoms with Crippen molar-refractivity contribution >= 4 is 0 Å². The van der Waals surface area contributed by atoms with E-state index < -0.39 is 5.79 Å². The second-order valence-corrected chi connectivity index (χ2v) is 5.84. The van der Waals surface area contributed by atoms with Gasteiger partial charge < -0.3 is 23.4 Å². The van der Waals surface area contributed by atoms with Crippen molar-refractivity contribution in [2.24, 2.45) is 0 Å². The normalized spacial score (nSPS) is 35.4. The van der Waals surface area contributed by atoms with E-state index in [1.807, 2.05) is 19.9 Å². The van der Waals surface area contributed by atoms with Crippen LogP contribution in [0.3, 0.4) is 0 Å². The molecular formula is C15H22O5. The molecule has 2 aliphatic heterocycles. The third-order valence-electron chi connectivity index (χ3n) is 3.68. The second-order valence-electron chi connectivity index (χ2n) is 5.84. The first-order valence-electron chi connectivity index (χ1n) is 7.23. The summed E-state index contributed by atoms with van der Waals surface area (Å²) in [7, 11) is 0. The van der Waals surface area contributed by atoms with Crippen LogP contribution < -0.4 is 0 Å². The highest BCUT2D eigenvalue weighted by Gasteiger charge is 2.54. The van der Waals surface area contributed by atoms with Crippen LogP contribution in [0.25, 0.3) is 0 Å². The van der Waals surface area contributed by atoms with Gasteiger partial charge in [-0.3, -0.25) is 0 Å². The van der Waals surface area contributed by atoms with Gasteiger partial charge in [0, 0.05) is 5.56 Å². The Morgan fingerprint density at radius 3 is 2.85 bits per heavy atom. The molecule has 5 heteroatoms. The van der Waals surface area contributed by atoms with Gasteiger partial charge in [0.05, 0.1) is 25.2 Å². The molecule has 5 nitrogen and oxygen atoms in total. The predicted octanol–water partition coefficient (Wildman–Crippen LogP) is 2.84. The van der Waals surface area contributed by atoms with Crippen LogP contribution in [0, 0.1) is 0 Å². The fourth-order valence-electron chi connectivity index (χ4n) is 2.83. The Labute approximate surface area is 119 Å². The topological polar surface area (TPSA) is 50.1 Å². The maximum Gasteiger partial charge on any atom is 0.190 e. The minimum absolute atomic E-state index is 0.0259. The Bertz CT molecular complexity index is 427. The molecule has 0 N–H and O–H groups in total. The third-order valence-corrected chi connectivity index (χ3v) is 3.68. The number of rotatable bonds is 5. The Morgan fingerprint density at radius 1 is 1.30 bits per heavy atom. The smallest absolute Gasteiger partial charge is 0.190 e. The van der Waals surface area contributed by atoms with E-state index in [1.54, 1.807) is 12.5 Å². The zero-order valence-electron chi connectivity index (χ0n) is 12.2. The Hall–Kier alpha value is -0.880. The van der Waals surface area contributed by atoms with E-state index in [2.05, 4.69) is 6.92 Å². The molecule has 0 aromatic carbocycles. The van der Waals surface area contributed by atoms with Gasteiger partial charge in [-0.05, 0) is 26.3 Å². The minimum atomic E-state index is -0.607. The summed E-state index contributed by atoms with van der Waals surface area (Å²) in [4.78, 5) is 0. The van der Waals surface area contributed by atoms with Crippen LogP contribution in [0.15, 0.2) is 23.0 Å². The molecule has 3 heterocycles. The number of furan rings is 1. The average Bonchev–Trinajstić information content (AvgIpc) is 3.03. The van der Waals surface area contributed by atoms with Crippen LogP contribution in [-0.4, -0.2) is 30.4 Å². The maximum atomic E-state index is 6.03. The SMILES string of the molecule is CCC[C@H]1O[C@@H]2OC(C)(C)O[C@@H]2[C@H]1OCc1ccoc1. The van der Waals surface area contributed by atoms with Crippen molar-refractivity contribution < 1.29 is 23.4 Å². The summed E-state index contributed by atoms with van der Waals surface area (Å²) in [6.45, 7) is 6.43. The van der Waals surface area contributed by atoms with Gasteiger partial charge in [-0.1, -0.05) is 13.3 Å². The molecule has 2 fully saturated rings. The molecule has 0 radical (unpaired) electrons. The Morgan fingerprint density at radius 2 is 2.15 bits per heavy atom. The van der Waals surface area contributed by atoms with Gasteiger partial charge in [0.2, 0.25) is 0 Å². The van der Waals surface area contributed by atoms with E-state index in [4.69, 9.17) is 23.4 Å². The second kappa shape index (κ2) is 5.48. The van der Waals surface area contributed by atoms with Gasteiger partial charge in [0.25, 0.3) is 0 Å². The molecule has 0 bridgehead atoms. The van der Waals surface area contributed by atoms with Crippen LogP contribution in [0.4, 0.5) is 0 Å². The summed E-state index contributed by atoms with van der Waals surface area (Å²) in [5.74, 6) is -0.607. The lowest BCUT2D eigenvalue weighted by molar-refractivity contribution is -0.219. The first-order chi connectivity index (χ1) is 9.59. The molecule has 0 amide bonds. The quantitative estimate of drug-likeness (QED) is 0.831. The molecule has 0 spiro atoms. The molecule has 2 saturated heterocycles. The maximum absolute atomic E-state index is 6.03. The van der Waals surface area contributed by atoms with Gasteiger partial charge >= 0.3 is 0 Å². The molecule has 1 aromatic rings. The summed E-state index contributed by atoms with van der Waals surface area (Å²) >= 11 is 0. The highest BCUT2D eigenvalue weighted by Crippen LogP contribution is 2.40. The van der Waals surface area contributed by atoms with E-state index in [0.29, 0.717) is 6.61 Å². The zero-order valence-corrected chi connectivity index (χ0v) is 12.2. The number of hydrogen-bond donors (Lipinski definition) is 0. The number of fused-ring (bicyclic) bond motifs is 1. The number of hydrogen-bond acceptors (Lipinski definition) is 5. The molecule has 4 atom stereocenters. The van der Waals surface area contributed by atoms with Crippen molar-refractivity contribution in [2.45, 2.75) is 70.6 Å². The van der Waals surface area contributed by atoms with Crippen molar-refractivity contribution in [2.75, 3.05) is 0 Å². The van der Waals surface area contributed by atoms with Gasteiger partial charge in [0.1, 0.15) is 12.2 Å². The molecule has 1 aromatic heterocycles. The summed E-state index contributed by atoms with van der Waals surface area (Å²) in [5, 5.41) is 0. The van der Waals surface area contributed by atoms with Gasteiger partial charge in [0.15, 0.2) is 12.1 Å². The lowest BCUT2D eigenvalue weighted by Crippen LogP contribution is -2.36. The van der Waals surface area contributed by atoms with Crippen LogP contribution in [-0.2, 0) is 25.6 Å². The van der Waals surface area contributed by atoms with E-state index in [-0.39, 0.29) is 24.6 Å². The van der Waals surface area contributed by atoms with Gasteiger partial charge in [-0.2, -0.15) is 0 Å².